The van der Waals surface area contributed by atoms with Gasteiger partial charge in [0, 0.05) is 12.4 Å². The summed E-state index contributed by atoms with van der Waals surface area (Å²) in [7, 11) is 0. The first kappa shape index (κ1) is 14.5. The van der Waals surface area contributed by atoms with Gasteiger partial charge in [-0.15, -0.1) is 10.2 Å². The molecule has 0 fully saturated rings. The van der Waals surface area contributed by atoms with Gasteiger partial charge in [-0.1, -0.05) is 29.3 Å². The van der Waals surface area contributed by atoms with Crippen LogP contribution >= 0.6 is 23.2 Å². The number of carbonyl (C=O) groups is 1. The molecule has 22 heavy (non-hydrogen) atoms. The molecule has 0 aliphatic rings. The van der Waals surface area contributed by atoms with E-state index in [-0.39, 0.29) is 10.7 Å². The number of nitrogens with zero attached hydrogens (tertiary/aromatic N) is 4. The Bertz CT molecular complexity index is 803. The summed E-state index contributed by atoms with van der Waals surface area (Å²) in [6, 6.07) is 8.22. The van der Waals surface area contributed by atoms with Crippen LogP contribution in [0.25, 0.3) is 5.82 Å². The molecule has 6 nitrogen and oxygen atoms in total. The van der Waals surface area contributed by atoms with Crippen molar-refractivity contribution in [1.29, 1.82) is 0 Å². The Morgan fingerprint density at radius 1 is 1.14 bits per heavy atom. The summed E-state index contributed by atoms with van der Waals surface area (Å²) in [5, 5.41) is 11.2. The number of amides is 1. The van der Waals surface area contributed by atoms with Gasteiger partial charge in [-0.2, -0.15) is 0 Å². The second-order valence-corrected chi connectivity index (χ2v) is 5.09. The molecule has 8 heteroatoms. The number of anilines is 1. The summed E-state index contributed by atoms with van der Waals surface area (Å²) in [5.41, 5.74) is 0.583. The molecule has 2 aromatic heterocycles. The molecule has 0 radical (unpaired) electrons. The molecule has 1 N–H and O–H groups in total. The first-order valence-electron chi connectivity index (χ1n) is 6.22. The molecule has 110 valence electrons. The van der Waals surface area contributed by atoms with Gasteiger partial charge in [0.15, 0.2) is 11.5 Å². The molecule has 0 unspecified atom stereocenters. The van der Waals surface area contributed by atoms with Gasteiger partial charge in [0.25, 0.3) is 5.91 Å². The molecule has 0 spiro atoms. The van der Waals surface area contributed by atoms with E-state index in [2.05, 4.69) is 20.5 Å². The number of aromatic nitrogens is 4. The van der Waals surface area contributed by atoms with Crippen molar-refractivity contribution >= 4 is 34.8 Å². The second-order valence-electron chi connectivity index (χ2n) is 4.30. The Morgan fingerprint density at radius 3 is 2.68 bits per heavy atom. The summed E-state index contributed by atoms with van der Waals surface area (Å²) >= 11 is 11.9. The lowest BCUT2D eigenvalue weighted by Crippen LogP contribution is -2.15. The van der Waals surface area contributed by atoms with E-state index in [0.29, 0.717) is 16.5 Å². The van der Waals surface area contributed by atoms with E-state index in [9.17, 15) is 4.79 Å². The number of carbonyl (C=O) groups excluding carboxylic acids is 1. The van der Waals surface area contributed by atoms with Crippen LogP contribution in [0.5, 0.6) is 0 Å². The van der Waals surface area contributed by atoms with Crippen LogP contribution in [0.2, 0.25) is 10.0 Å². The lowest BCUT2D eigenvalue weighted by atomic mass is 10.3. The minimum Gasteiger partial charge on any atom is -0.319 e. The lowest BCUT2D eigenvalue weighted by molar-refractivity contribution is 0.102. The second kappa shape index (κ2) is 6.13. The summed E-state index contributed by atoms with van der Waals surface area (Å²) < 4.78 is 1.68. The van der Waals surface area contributed by atoms with Crippen molar-refractivity contribution < 1.29 is 4.79 Å². The van der Waals surface area contributed by atoms with Crippen LogP contribution in [0, 0.1) is 0 Å². The van der Waals surface area contributed by atoms with E-state index in [1.54, 1.807) is 53.6 Å². The number of imidazole rings is 1. The normalized spacial score (nSPS) is 10.5. The van der Waals surface area contributed by atoms with Crippen molar-refractivity contribution in [2.45, 2.75) is 0 Å². The SMILES string of the molecule is O=C(Nc1cccc(Cl)c1Cl)c1ccc(-n2ccnc2)nn1. The van der Waals surface area contributed by atoms with Crippen LogP contribution in [-0.2, 0) is 0 Å². The van der Waals surface area contributed by atoms with Gasteiger partial charge in [-0.05, 0) is 24.3 Å². The molecule has 2 heterocycles. The van der Waals surface area contributed by atoms with Crippen LogP contribution in [-0.4, -0.2) is 25.7 Å². The largest absolute Gasteiger partial charge is 0.319 e. The third kappa shape index (κ3) is 2.93. The Hall–Kier alpha value is -2.44. The zero-order valence-corrected chi connectivity index (χ0v) is 12.6. The molecule has 0 aliphatic carbocycles. The maximum atomic E-state index is 12.1. The third-order valence-corrected chi connectivity index (χ3v) is 3.67. The van der Waals surface area contributed by atoms with Crippen LogP contribution in [0.3, 0.4) is 0 Å². The molecule has 3 aromatic rings. The summed E-state index contributed by atoms with van der Waals surface area (Å²) in [5.74, 6) is 0.142. The van der Waals surface area contributed by atoms with Gasteiger partial charge in [0.05, 0.1) is 15.7 Å². The van der Waals surface area contributed by atoms with Gasteiger partial charge in [-0.3, -0.25) is 9.36 Å². The molecule has 0 saturated heterocycles. The van der Waals surface area contributed by atoms with Gasteiger partial charge in [0.2, 0.25) is 0 Å². The van der Waals surface area contributed by atoms with E-state index in [0.717, 1.165) is 0 Å². The Balaban J connectivity index is 1.79. The van der Waals surface area contributed by atoms with Gasteiger partial charge < -0.3 is 5.32 Å². The fraction of sp³-hybridized carbons (Fsp3) is 0. The van der Waals surface area contributed by atoms with Crippen LogP contribution in [0.1, 0.15) is 10.5 Å². The number of hydrogen-bond acceptors (Lipinski definition) is 4. The fourth-order valence-electron chi connectivity index (χ4n) is 1.77. The number of halogens is 2. The molecule has 1 amide bonds. The van der Waals surface area contributed by atoms with E-state index in [4.69, 9.17) is 23.2 Å². The van der Waals surface area contributed by atoms with Gasteiger partial charge in [-0.25, -0.2) is 4.98 Å². The first-order valence-corrected chi connectivity index (χ1v) is 6.98. The minimum absolute atomic E-state index is 0.167. The first-order chi connectivity index (χ1) is 10.6. The zero-order chi connectivity index (χ0) is 15.5. The Kier molecular flexibility index (Phi) is 4.04. The smallest absolute Gasteiger partial charge is 0.276 e. The molecule has 0 bridgehead atoms. The highest BCUT2D eigenvalue weighted by molar-refractivity contribution is 6.44. The quantitative estimate of drug-likeness (QED) is 0.798. The molecular formula is C14H9Cl2N5O. The summed E-state index contributed by atoms with van der Waals surface area (Å²) in [6.45, 7) is 0. The van der Waals surface area contributed by atoms with Crippen LogP contribution in [0.15, 0.2) is 49.1 Å². The number of hydrogen-bond donors (Lipinski definition) is 1. The highest BCUT2D eigenvalue weighted by Gasteiger charge is 2.12. The lowest BCUT2D eigenvalue weighted by Gasteiger charge is -2.07. The monoisotopic (exact) mass is 333 g/mol. The highest BCUT2D eigenvalue weighted by Crippen LogP contribution is 2.29. The number of rotatable bonds is 3. The minimum atomic E-state index is -0.422. The average Bonchev–Trinajstić information content (AvgIpc) is 3.06. The van der Waals surface area contributed by atoms with Crippen molar-refractivity contribution in [1.82, 2.24) is 19.7 Å². The van der Waals surface area contributed by atoms with Crippen LogP contribution in [0.4, 0.5) is 5.69 Å². The molecule has 0 saturated carbocycles. The number of nitrogens with one attached hydrogen (secondary N) is 1. The summed E-state index contributed by atoms with van der Waals surface area (Å²) in [4.78, 5) is 16.1. The Morgan fingerprint density at radius 2 is 2.00 bits per heavy atom. The predicted octanol–water partition coefficient (Wildman–Crippen LogP) is 3.22. The molecule has 0 aliphatic heterocycles. The zero-order valence-electron chi connectivity index (χ0n) is 11.1. The fourth-order valence-corrected chi connectivity index (χ4v) is 2.11. The van der Waals surface area contributed by atoms with Crippen LogP contribution < -0.4 is 5.32 Å². The van der Waals surface area contributed by atoms with Crippen molar-refractivity contribution in [3.05, 3.63) is 64.8 Å². The third-order valence-electron chi connectivity index (χ3n) is 2.85. The van der Waals surface area contributed by atoms with Crippen molar-refractivity contribution in [3.63, 3.8) is 0 Å². The maximum absolute atomic E-state index is 12.1. The van der Waals surface area contributed by atoms with E-state index in [1.165, 1.54) is 0 Å². The van der Waals surface area contributed by atoms with E-state index >= 15 is 0 Å². The predicted molar refractivity (Wildman–Crippen MR) is 83.6 cm³/mol. The molecule has 0 atom stereocenters. The topological polar surface area (TPSA) is 72.7 Å². The van der Waals surface area contributed by atoms with Gasteiger partial charge in [0.1, 0.15) is 6.33 Å². The highest BCUT2D eigenvalue weighted by atomic mass is 35.5. The summed E-state index contributed by atoms with van der Waals surface area (Å²) in [6.07, 6.45) is 4.95. The Labute approximate surface area is 135 Å². The van der Waals surface area contributed by atoms with Crippen molar-refractivity contribution in [3.8, 4) is 5.82 Å². The van der Waals surface area contributed by atoms with E-state index in [1.807, 2.05) is 0 Å². The average molecular weight is 334 g/mol. The molecule has 3 rings (SSSR count). The number of benzene rings is 1. The molecular weight excluding hydrogens is 325 g/mol. The standard InChI is InChI=1S/C14H9Cl2N5O/c15-9-2-1-3-10(13(9)16)18-14(22)11-4-5-12(20-19-11)21-7-6-17-8-21/h1-8H,(H,18,22). The maximum Gasteiger partial charge on any atom is 0.276 e. The van der Waals surface area contributed by atoms with Crippen molar-refractivity contribution in [2.24, 2.45) is 0 Å². The molecule has 1 aromatic carbocycles. The van der Waals surface area contributed by atoms with Crippen molar-refractivity contribution in [2.75, 3.05) is 5.32 Å². The van der Waals surface area contributed by atoms with Gasteiger partial charge >= 0.3 is 0 Å². The van der Waals surface area contributed by atoms with E-state index < -0.39 is 5.91 Å².